The van der Waals surface area contributed by atoms with Crippen LogP contribution in [0.3, 0.4) is 0 Å². The summed E-state index contributed by atoms with van der Waals surface area (Å²) in [7, 11) is -0.850. The monoisotopic (exact) mass is 587 g/mol. The maximum absolute atomic E-state index is 6.30. The van der Waals surface area contributed by atoms with E-state index in [1.54, 1.807) is 0 Å². The van der Waals surface area contributed by atoms with Crippen LogP contribution in [-0.4, -0.2) is 35.6 Å². The van der Waals surface area contributed by atoms with Crippen LogP contribution in [0.15, 0.2) is 97.3 Å². The molecule has 226 valence electrons. The highest BCUT2D eigenvalue weighted by Crippen LogP contribution is 2.37. The van der Waals surface area contributed by atoms with Gasteiger partial charge in [-0.05, 0) is 98.8 Å². The molecule has 4 aromatic rings. The molecule has 3 aromatic carbocycles. The van der Waals surface area contributed by atoms with Crippen LogP contribution in [0, 0.1) is 0 Å². The molecule has 0 bridgehead atoms. The molecular weight excluding hydrogens is 544 g/mol. The number of rotatable bonds is 5. The Hall–Kier alpha value is -3.51. The van der Waals surface area contributed by atoms with Crippen molar-refractivity contribution >= 4 is 25.2 Å². The van der Waals surface area contributed by atoms with E-state index in [0.29, 0.717) is 5.76 Å². The molecule has 0 saturated carbocycles. The molecule has 7 heteroatoms. The van der Waals surface area contributed by atoms with Crippen LogP contribution in [0.1, 0.15) is 67.9 Å². The zero-order valence-corrected chi connectivity index (χ0v) is 27.5. The maximum atomic E-state index is 6.30. The van der Waals surface area contributed by atoms with Crippen LogP contribution in [0.5, 0.6) is 0 Å². The number of benzene rings is 3. The summed E-state index contributed by atoms with van der Waals surface area (Å²) in [6.45, 7) is 23.0. The number of hydrogen-bond donors (Lipinski definition) is 0. The molecule has 0 amide bonds. The molecule has 2 saturated heterocycles. The minimum atomic E-state index is -0.510. The Kier molecular flexibility index (Phi) is 7.31. The lowest BCUT2D eigenvalue weighted by molar-refractivity contribution is 0.00578. The molecular formula is C37H43B2NO4. The van der Waals surface area contributed by atoms with Crippen molar-refractivity contribution in [2.75, 3.05) is 0 Å². The van der Waals surface area contributed by atoms with Crippen LogP contribution in [0.2, 0.25) is 0 Å². The fraction of sp³-hybridized carbons (Fsp3) is 0.351. The quantitative estimate of drug-likeness (QED) is 0.228. The van der Waals surface area contributed by atoms with Gasteiger partial charge < -0.3 is 23.2 Å². The van der Waals surface area contributed by atoms with E-state index in [2.05, 4.69) is 145 Å². The highest BCUT2D eigenvalue weighted by atomic mass is 16.7. The van der Waals surface area contributed by atoms with Crippen molar-refractivity contribution in [1.29, 1.82) is 0 Å². The maximum Gasteiger partial charge on any atom is 0.563 e. The third kappa shape index (κ3) is 5.47. The van der Waals surface area contributed by atoms with Crippen molar-refractivity contribution in [3.63, 3.8) is 0 Å². The minimum Gasteiger partial charge on any atom is -0.534 e. The van der Waals surface area contributed by atoms with Gasteiger partial charge in [0.15, 0.2) is 0 Å². The molecule has 0 aliphatic carbocycles. The zero-order valence-electron chi connectivity index (χ0n) is 27.5. The van der Waals surface area contributed by atoms with Gasteiger partial charge in [-0.15, -0.1) is 0 Å². The summed E-state index contributed by atoms with van der Waals surface area (Å²) in [6, 6.07) is 30.3. The molecule has 0 N–H and O–H groups in total. The summed E-state index contributed by atoms with van der Waals surface area (Å²) < 4.78 is 27.0. The molecule has 2 fully saturated rings. The molecule has 0 unspecified atom stereocenters. The molecule has 0 spiro atoms. The second-order valence-corrected chi connectivity index (χ2v) is 14.6. The first-order valence-electron chi connectivity index (χ1n) is 15.5. The van der Waals surface area contributed by atoms with Gasteiger partial charge >= 0.3 is 14.2 Å². The molecule has 1 aromatic heterocycles. The summed E-state index contributed by atoms with van der Waals surface area (Å²) in [5.74, 6) is 0.647. The van der Waals surface area contributed by atoms with E-state index in [9.17, 15) is 0 Å². The Morgan fingerprint density at radius 2 is 1.05 bits per heavy atom. The fourth-order valence-corrected chi connectivity index (χ4v) is 5.64. The summed E-state index contributed by atoms with van der Waals surface area (Å²) in [4.78, 5) is 0. The smallest absolute Gasteiger partial charge is 0.534 e. The van der Waals surface area contributed by atoms with E-state index in [-0.39, 0.29) is 16.6 Å². The van der Waals surface area contributed by atoms with Gasteiger partial charge in [-0.3, -0.25) is 0 Å². The minimum absolute atomic E-state index is 0.0737. The largest absolute Gasteiger partial charge is 0.563 e. The molecule has 44 heavy (non-hydrogen) atoms. The summed E-state index contributed by atoms with van der Waals surface area (Å²) in [6.07, 6.45) is 0. The Morgan fingerprint density at radius 3 is 1.45 bits per heavy atom. The molecule has 5 nitrogen and oxygen atoms in total. The Morgan fingerprint density at radius 1 is 0.591 bits per heavy atom. The van der Waals surface area contributed by atoms with E-state index in [1.807, 2.05) is 13.8 Å². The van der Waals surface area contributed by atoms with Crippen molar-refractivity contribution in [3.05, 3.63) is 103 Å². The highest BCUT2D eigenvalue weighted by molar-refractivity contribution is 6.62. The second kappa shape index (κ2) is 10.5. The normalized spacial score (nSPS) is 19.0. The zero-order chi connectivity index (χ0) is 31.7. The molecule has 3 heterocycles. The Balaban J connectivity index is 1.37. The second-order valence-electron chi connectivity index (χ2n) is 14.6. The first-order chi connectivity index (χ1) is 20.6. The number of nitrogens with zero attached hydrogens (tertiary/aromatic N) is 1. The van der Waals surface area contributed by atoms with Crippen molar-refractivity contribution in [3.8, 4) is 28.2 Å². The standard InChI is InChI=1S/C37H43B2NO4/c1-25-35(5,6)42-38(41-25)29-17-11-26(12-18-29)32-23-24-33(40(32)31-21-15-28(16-22-31)34(2,3)4)27-13-19-30(20-14-27)39-43-36(7,8)37(9,10)44-39/h11-24H,1H2,2-10H3. The van der Waals surface area contributed by atoms with Gasteiger partial charge in [-0.2, -0.15) is 0 Å². The van der Waals surface area contributed by atoms with Gasteiger partial charge in [-0.25, -0.2) is 0 Å². The van der Waals surface area contributed by atoms with Crippen LogP contribution in [0.4, 0.5) is 0 Å². The predicted octanol–water partition coefficient (Wildman–Crippen LogP) is 7.44. The molecule has 0 atom stereocenters. The third-order valence-electron chi connectivity index (χ3n) is 9.41. The first-order valence-corrected chi connectivity index (χ1v) is 15.5. The predicted molar refractivity (Wildman–Crippen MR) is 182 cm³/mol. The number of aromatic nitrogens is 1. The van der Waals surface area contributed by atoms with Crippen LogP contribution < -0.4 is 10.9 Å². The molecule has 0 radical (unpaired) electrons. The SMILES string of the molecule is C=C1OB(c2ccc(-c3ccc(-c4ccc(B5OC(C)(C)C(C)(C)O5)cc4)n3-c3ccc(C(C)(C)C)cc3)cc2)OC1(C)C. The third-order valence-corrected chi connectivity index (χ3v) is 9.41. The first kappa shape index (κ1) is 30.5. The van der Waals surface area contributed by atoms with Crippen molar-refractivity contribution in [2.45, 2.75) is 84.5 Å². The fourth-order valence-electron chi connectivity index (χ4n) is 5.64. The van der Waals surface area contributed by atoms with E-state index in [4.69, 9.17) is 18.6 Å². The Labute approximate surface area is 263 Å². The average Bonchev–Trinajstić information content (AvgIpc) is 3.59. The van der Waals surface area contributed by atoms with Crippen LogP contribution >= 0.6 is 0 Å². The average molecular weight is 587 g/mol. The summed E-state index contributed by atoms with van der Waals surface area (Å²) in [5, 5.41) is 0. The van der Waals surface area contributed by atoms with Gasteiger partial charge in [0, 0.05) is 5.69 Å². The van der Waals surface area contributed by atoms with Gasteiger partial charge in [-0.1, -0.05) is 88.0 Å². The van der Waals surface area contributed by atoms with Crippen molar-refractivity contribution < 1.29 is 18.6 Å². The lowest BCUT2D eigenvalue weighted by atomic mass is 9.79. The van der Waals surface area contributed by atoms with E-state index >= 15 is 0 Å². The van der Waals surface area contributed by atoms with Gasteiger partial charge in [0.05, 0.1) is 28.3 Å². The lowest BCUT2D eigenvalue weighted by Gasteiger charge is -2.32. The van der Waals surface area contributed by atoms with Crippen LogP contribution in [-0.2, 0) is 24.0 Å². The topological polar surface area (TPSA) is 41.9 Å². The van der Waals surface area contributed by atoms with E-state index in [1.165, 1.54) is 5.56 Å². The highest BCUT2D eigenvalue weighted by Gasteiger charge is 2.51. The van der Waals surface area contributed by atoms with Crippen molar-refractivity contribution in [1.82, 2.24) is 4.57 Å². The molecule has 2 aliphatic rings. The lowest BCUT2D eigenvalue weighted by Crippen LogP contribution is -2.41. The van der Waals surface area contributed by atoms with Gasteiger partial charge in [0.1, 0.15) is 5.60 Å². The van der Waals surface area contributed by atoms with E-state index < -0.39 is 19.8 Å². The van der Waals surface area contributed by atoms with E-state index in [0.717, 1.165) is 39.1 Å². The van der Waals surface area contributed by atoms with Crippen molar-refractivity contribution in [2.24, 2.45) is 0 Å². The Bertz CT molecular complexity index is 1660. The summed E-state index contributed by atoms with van der Waals surface area (Å²) >= 11 is 0. The molecule has 6 rings (SSSR count). The summed E-state index contributed by atoms with van der Waals surface area (Å²) in [5.41, 5.74) is 7.60. The van der Waals surface area contributed by atoms with Gasteiger partial charge in [0.25, 0.3) is 0 Å². The van der Waals surface area contributed by atoms with Crippen LogP contribution in [0.25, 0.3) is 28.2 Å². The van der Waals surface area contributed by atoms with Gasteiger partial charge in [0.2, 0.25) is 0 Å². The molecule has 2 aliphatic heterocycles. The number of hydrogen-bond acceptors (Lipinski definition) is 4.